The van der Waals surface area contributed by atoms with Gasteiger partial charge in [0.15, 0.2) is 5.76 Å². The van der Waals surface area contributed by atoms with Crippen LogP contribution in [0.1, 0.15) is 0 Å². The van der Waals surface area contributed by atoms with Crippen molar-refractivity contribution in [1.29, 1.82) is 0 Å². The Labute approximate surface area is 170 Å². The van der Waals surface area contributed by atoms with E-state index in [0.717, 1.165) is 5.75 Å². The Hall–Kier alpha value is -3.72. The second kappa shape index (κ2) is 8.53. The number of carbonyl (C=O) groups is 1. The SMILES string of the molecule is Nn1c(SCC(=O)Nc2cccc(Oc3ccccc3)c2)nnc1-c1ccco1. The van der Waals surface area contributed by atoms with Crippen LogP contribution in [0.5, 0.6) is 11.5 Å². The molecule has 1 amide bonds. The topological polar surface area (TPSA) is 108 Å². The van der Waals surface area contributed by atoms with Gasteiger partial charge in [-0.3, -0.25) is 4.79 Å². The molecule has 2 aromatic carbocycles. The van der Waals surface area contributed by atoms with E-state index in [0.29, 0.717) is 28.2 Å². The molecule has 0 bridgehead atoms. The third-order valence-electron chi connectivity index (χ3n) is 3.84. The van der Waals surface area contributed by atoms with E-state index < -0.39 is 0 Å². The molecule has 9 heteroatoms. The van der Waals surface area contributed by atoms with Crippen molar-refractivity contribution in [2.75, 3.05) is 16.9 Å². The van der Waals surface area contributed by atoms with Gasteiger partial charge in [0.25, 0.3) is 0 Å². The molecule has 4 aromatic rings. The fraction of sp³-hybridized carbons (Fsp3) is 0.0500. The maximum absolute atomic E-state index is 12.3. The summed E-state index contributed by atoms with van der Waals surface area (Å²) in [5, 5.41) is 11.2. The number of benzene rings is 2. The number of amides is 1. The van der Waals surface area contributed by atoms with E-state index >= 15 is 0 Å². The number of nitrogens with one attached hydrogen (secondary N) is 1. The average molecular weight is 407 g/mol. The molecule has 29 heavy (non-hydrogen) atoms. The van der Waals surface area contributed by atoms with Crippen LogP contribution in [0.3, 0.4) is 0 Å². The minimum Gasteiger partial charge on any atom is -0.461 e. The Balaban J connectivity index is 1.35. The summed E-state index contributed by atoms with van der Waals surface area (Å²) < 4.78 is 12.3. The minimum atomic E-state index is -0.200. The molecule has 3 N–H and O–H groups in total. The van der Waals surface area contributed by atoms with Crippen molar-refractivity contribution in [3.63, 3.8) is 0 Å². The first-order chi connectivity index (χ1) is 14.2. The summed E-state index contributed by atoms with van der Waals surface area (Å²) in [6.07, 6.45) is 1.53. The van der Waals surface area contributed by atoms with Crippen LogP contribution in [0.25, 0.3) is 11.6 Å². The highest BCUT2D eigenvalue weighted by Crippen LogP contribution is 2.25. The number of hydrogen-bond donors (Lipinski definition) is 2. The van der Waals surface area contributed by atoms with E-state index in [-0.39, 0.29) is 11.7 Å². The van der Waals surface area contributed by atoms with Crippen molar-refractivity contribution >= 4 is 23.4 Å². The first-order valence-electron chi connectivity index (χ1n) is 8.69. The lowest BCUT2D eigenvalue weighted by Crippen LogP contribution is -2.16. The lowest BCUT2D eigenvalue weighted by molar-refractivity contribution is -0.113. The molecule has 0 unspecified atom stereocenters. The molecule has 2 heterocycles. The molecule has 0 atom stereocenters. The summed E-state index contributed by atoms with van der Waals surface area (Å²) in [7, 11) is 0. The Bertz CT molecular complexity index is 1100. The Kier molecular flexibility index (Phi) is 5.48. The molecular weight excluding hydrogens is 390 g/mol. The molecule has 0 saturated carbocycles. The van der Waals surface area contributed by atoms with Gasteiger partial charge in [-0.05, 0) is 36.4 Å². The molecule has 0 fully saturated rings. The van der Waals surface area contributed by atoms with E-state index in [1.807, 2.05) is 42.5 Å². The third-order valence-corrected chi connectivity index (χ3v) is 4.78. The van der Waals surface area contributed by atoms with Crippen molar-refractivity contribution in [3.8, 4) is 23.1 Å². The number of rotatable bonds is 7. The van der Waals surface area contributed by atoms with E-state index in [1.165, 1.54) is 22.7 Å². The zero-order chi connectivity index (χ0) is 20.1. The van der Waals surface area contributed by atoms with E-state index in [1.54, 1.807) is 24.3 Å². The third kappa shape index (κ3) is 4.58. The largest absolute Gasteiger partial charge is 0.461 e. The Morgan fingerprint density at radius 2 is 1.90 bits per heavy atom. The number of ether oxygens (including phenoxy) is 1. The van der Waals surface area contributed by atoms with Crippen LogP contribution in [0, 0.1) is 0 Å². The number of carbonyl (C=O) groups excluding carboxylic acids is 1. The number of aromatic nitrogens is 3. The summed E-state index contributed by atoms with van der Waals surface area (Å²) in [6, 6.07) is 20.1. The maximum Gasteiger partial charge on any atom is 0.234 e. The van der Waals surface area contributed by atoms with Crippen molar-refractivity contribution in [3.05, 3.63) is 73.0 Å². The standard InChI is InChI=1S/C20H17N5O3S/c21-25-19(17-10-5-11-27-17)23-24-20(25)29-13-18(26)22-14-6-4-9-16(12-14)28-15-7-2-1-3-8-15/h1-12H,13,21H2,(H,22,26). The first kappa shape index (κ1) is 18.6. The van der Waals surface area contributed by atoms with Crippen LogP contribution in [-0.4, -0.2) is 26.5 Å². The molecule has 0 spiro atoms. The van der Waals surface area contributed by atoms with Gasteiger partial charge in [0.2, 0.25) is 16.9 Å². The molecule has 8 nitrogen and oxygen atoms in total. The van der Waals surface area contributed by atoms with Gasteiger partial charge in [-0.25, -0.2) is 4.68 Å². The van der Waals surface area contributed by atoms with Crippen LogP contribution >= 0.6 is 11.8 Å². The summed E-state index contributed by atoms with van der Waals surface area (Å²) in [4.78, 5) is 12.3. The predicted molar refractivity (Wildman–Crippen MR) is 110 cm³/mol. The number of nitrogens with zero attached hydrogens (tertiary/aromatic N) is 3. The normalized spacial score (nSPS) is 10.6. The molecule has 0 saturated heterocycles. The van der Waals surface area contributed by atoms with Crippen LogP contribution in [0.4, 0.5) is 5.69 Å². The second-order valence-electron chi connectivity index (χ2n) is 5.93. The van der Waals surface area contributed by atoms with Gasteiger partial charge in [-0.15, -0.1) is 10.2 Å². The highest BCUT2D eigenvalue weighted by molar-refractivity contribution is 7.99. The fourth-order valence-electron chi connectivity index (χ4n) is 2.54. The maximum atomic E-state index is 12.3. The van der Waals surface area contributed by atoms with Crippen molar-refractivity contribution < 1.29 is 13.9 Å². The second-order valence-corrected chi connectivity index (χ2v) is 6.88. The van der Waals surface area contributed by atoms with Gasteiger partial charge < -0.3 is 20.3 Å². The number of anilines is 1. The number of para-hydroxylation sites is 1. The number of hydrogen-bond acceptors (Lipinski definition) is 7. The summed E-state index contributed by atoms with van der Waals surface area (Å²) in [5.74, 6) is 8.16. The first-order valence-corrected chi connectivity index (χ1v) is 9.67. The van der Waals surface area contributed by atoms with E-state index in [4.69, 9.17) is 15.0 Å². The van der Waals surface area contributed by atoms with Crippen molar-refractivity contribution in [1.82, 2.24) is 14.9 Å². The van der Waals surface area contributed by atoms with Gasteiger partial charge in [-0.1, -0.05) is 36.0 Å². The molecule has 2 aromatic heterocycles. The molecular formula is C20H17N5O3S. The predicted octanol–water partition coefficient (Wildman–Crippen LogP) is 3.78. The van der Waals surface area contributed by atoms with Gasteiger partial charge in [0.1, 0.15) is 11.5 Å². The lowest BCUT2D eigenvalue weighted by atomic mass is 10.3. The number of furan rings is 1. The number of thioether (sulfide) groups is 1. The fourth-order valence-corrected chi connectivity index (χ4v) is 3.19. The molecule has 0 aliphatic heterocycles. The smallest absolute Gasteiger partial charge is 0.234 e. The molecule has 4 rings (SSSR count). The van der Waals surface area contributed by atoms with Crippen LogP contribution in [-0.2, 0) is 4.79 Å². The van der Waals surface area contributed by atoms with Crippen LogP contribution in [0.15, 0.2) is 82.6 Å². The van der Waals surface area contributed by atoms with Gasteiger partial charge in [0, 0.05) is 11.8 Å². The average Bonchev–Trinajstić information content (AvgIpc) is 3.37. The zero-order valence-corrected chi connectivity index (χ0v) is 16.0. The van der Waals surface area contributed by atoms with Crippen molar-refractivity contribution in [2.24, 2.45) is 0 Å². The van der Waals surface area contributed by atoms with Crippen molar-refractivity contribution in [2.45, 2.75) is 5.16 Å². The molecule has 0 radical (unpaired) electrons. The van der Waals surface area contributed by atoms with Crippen LogP contribution < -0.4 is 15.9 Å². The quantitative estimate of drug-likeness (QED) is 0.354. The Morgan fingerprint density at radius 1 is 1.07 bits per heavy atom. The molecule has 0 aliphatic rings. The summed E-state index contributed by atoms with van der Waals surface area (Å²) in [5.41, 5.74) is 0.634. The summed E-state index contributed by atoms with van der Waals surface area (Å²) in [6.45, 7) is 0. The summed E-state index contributed by atoms with van der Waals surface area (Å²) >= 11 is 1.18. The number of nitrogens with two attached hydrogens (primary N) is 1. The highest BCUT2D eigenvalue weighted by Gasteiger charge is 2.15. The number of nitrogen functional groups attached to an aromatic ring is 1. The van der Waals surface area contributed by atoms with E-state index in [2.05, 4.69) is 15.5 Å². The van der Waals surface area contributed by atoms with E-state index in [9.17, 15) is 4.79 Å². The molecule has 0 aliphatic carbocycles. The Morgan fingerprint density at radius 3 is 2.69 bits per heavy atom. The monoisotopic (exact) mass is 407 g/mol. The minimum absolute atomic E-state index is 0.122. The lowest BCUT2D eigenvalue weighted by Gasteiger charge is -2.09. The zero-order valence-electron chi connectivity index (χ0n) is 15.2. The van der Waals surface area contributed by atoms with Crippen LogP contribution in [0.2, 0.25) is 0 Å². The molecule has 146 valence electrons. The van der Waals surface area contributed by atoms with Gasteiger partial charge in [0.05, 0.1) is 12.0 Å². The highest BCUT2D eigenvalue weighted by atomic mass is 32.2. The van der Waals surface area contributed by atoms with Gasteiger partial charge >= 0.3 is 0 Å². The van der Waals surface area contributed by atoms with Gasteiger partial charge in [-0.2, -0.15) is 0 Å².